The topological polar surface area (TPSA) is 80.3 Å². The van der Waals surface area contributed by atoms with Gasteiger partial charge in [-0.1, -0.05) is 6.92 Å². The second-order valence-electron chi connectivity index (χ2n) is 5.15. The van der Waals surface area contributed by atoms with Crippen molar-refractivity contribution < 1.29 is 16.8 Å². The van der Waals surface area contributed by atoms with E-state index in [0.717, 1.165) is 0 Å². The van der Waals surface area contributed by atoms with Crippen molar-refractivity contribution in [3.8, 4) is 0 Å². The molecule has 0 spiro atoms. The van der Waals surface area contributed by atoms with Crippen LogP contribution in [0.5, 0.6) is 0 Å². The van der Waals surface area contributed by atoms with Crippen molar-refractivity contribution in [3.63, 3.8) is 0 Å². The van der Waals surface area contributed by atoms with Gasteiger partial charge in [0, 0.05) is 17.3 Å². The first-order valence-electron chi connectivity index (χ1n) is 5.76. The second kappa shape index (κ2) is 4.85. The molecule has 0 aromatic heterocycles. The molecule has 1 saturated heterocycles. The molecule has 0 aliphatic carbocycles. The van der Waals surface area contributed by atoms with Gasteiger partial charge in [0.2, 0.25) is 0 Å². The SMILES string of the molecule is CCS(=O)(=O)CC(C)NC1(C)CCS(=O)(=O)C1. The molecular weight excluding hydrogens is 262 g/mol. The van der Waals surface area contributed by atoms with Gasteiger partial charge in [-0.2, -0.15) is 0 Å². The Morgan fingerprint density at radius 2 is 2.00 bits per heavy atom. The number of hydrogen-bond acceptors (Lipinski definition) is 5. The molecule has 0 aromatic carbocycles. The Labute approximate surface area is 104 Å². The van der Waals surface area contributed by atoms with Crippen LogP contribution in [0.4, 0.5) is 0 Å². The Kier molecular flexibility index (Phi) is 4.26. The van der Waals surface area contributed by atoms with E-state index in [2.05, 4.69) is 5.32 Å². The average Bonchev–Trinajstić information content (AvgIpc) is 2.39. The van der Waals surface area contributed by atoms with E-state index in [1.54, 1.807) is 13.8 Å². The summed E-state index contributed by atoms with van der Waals surface area (Å²) in [5.74, 6) is 0.452. The summed E-state index contributed by atoms with van der Waals surface area (Å²) in [6.45, 7) is 5.24. The molecule has 1 N–H and O–H groups in total. The molecule has 2 atom stereocenters. The molecular formula is C10H21NO4S2. The van der Waals surface area contributed by atoms with E-state index < -0.39 is 25.2 Å². The first kappa shape index (κ1) is 14.9. The maximum atomic E-state index is 11.5. The van der Waals surface area contributed by atoms with E-state index >= 15 is 0 Å². The zero-order valence-corrected chi connectivity index (χ0v) is 12.2. The third-order valence-corrected chi connectivity index (χ3v) is 6.83. The third-order valence-electron chi connectivity index (χ3n) is 3.04. The summed E-state index contributed by atoms with van der Waals surface area (Å²) in [6, 6.07) is -0.224. The molecule has 1 heterocycles. The van der Waals surface area contributed by atoms with Gasteiger partial charge >= 0.3 is 0 Å². The van der Waals surface area contributed by atoms with Gasteiger partial charge in [0.1, 0.15) is 0 Å². The van der Waals surface area contributed by atoms with Crippen LogP contribution in [0.15, 0.2) is 0 Å². The lowest BCUT2D eigenvalue weighted by molar-refractivity contribution is 0.363. The zero-order chi connectivity index (χ0) is 13.3. The highest BCUT2D eigenvalue weighted by molar-refractivity contribution is 7.91. The van der Waals surface area contributed by atoms with Gasteiger partial charge in [-0.25, -0.2) is 16.8 Å². The molecule has 17 heavy (non-hydrogen) atoms. The minimum Gasteiger partial charge on any atom is -0.307 e. The van der Waals surface area contributed by atoms with Crippen LogP contribution in [0.25, 0.3) is 0 Å². The summed E-state index contributed by atoms with van der Waals surface area (Å²) in [7, 11) is -5.99. The molecule has 102 valence electrons. The zero-order valence-electron chi connectivity index (χ0n) is 10.6. The largest absolute Gasteiger partial charge is 0.307 e. The van der Waals surface area contributed by atoms with Crippen molar-refractivity contribution in [2.75, 3.05) is 23.0 Å². The van der Waals surface area contributed by atoms with Crippen molar-refractivity contribution in [1.29, 1.82) is 0 Å². The first-order chi connectivity index (χ1) is 7.58. The Bertz CT molecular complexity index is 469. The van der Waals surface area contributed by atoms with Crippen LogP contribution in [0.3, 0.4) is 0 Å². The molecule has 0 aromatic rings. The van der Waals surface area contributed by atoms with Gasteiger partial charge < -0.3 is 5.32 Å². The fraction of sp³-hybridized carbons (Fsp3) is 1.00. The highest BCUT2D eigenvalue weighted by Gasteiger charge is 2.39. The average molecular weight is 283 g/mol. The number of rotatable bonds is 5. The van der Waals surface area contributed by atoms with Crippen LogP contribution >= 0.6 is 0 Å². The molecule has 0 amide bonds. The van der Waals surface area contributed by atoms with E-state index in [4.69, 9.17) is 0 Å². The molecule has 1 fully saturated rings. The summed E-state index contributed by atoms with van der Waals surface area (Å²) < 4.78 is 45.7. The lowest BCUT2D eigenvalue weighted by Crippen LogP contribution is -2.50. The Morgan fingerprint density at radius 3 is 2.41 bits per heavy atom. The van der Waals surface area contributed by atoms with Crippen LogP contribution < -0.4 is 5.32 Å². The van der Waals surface area contributed by atoms with Gasteiger partial charge in [-0.3, -0.25) is 0 Å². The van der Waals surface area contributed by atoms with Crippen LogP contribution in [-0.2, 0) is 19.7 Å². The molecule has 1 aliphatic heterocycles. The fourth-order valence-corrected chi connectivity index (χ4v) is 5.44. The second-order valence-corrected chi connectivity index (χ2v) is 9.73. The quantitative estimate of drug-likeness (QED) is 0.767. The van der Waals surface area contributed by atoms with Gasteiger partial charge in [-0.15, -0.1) is 0 Å². The lowest BCUT2D eigenvalue weighted by atomic mass is 10.0. The maximum absolute atomic E-state index is 11.5. The predicted molar refractivity (Wildman–Crippen MR) is 68.6 cm³/mol. The summed E-state index contributed by atoms with van der Waals surface area (Å²) in [4.78, 5) is 0. The minimum atomic E-state index is -3.03. The summed E-state index contributed by atoms with van der Waals surface area (Å²) in [6.07, 6.45) is 0.547. The number of sulfone groups is 2. The van der Waals surface area contributed by atoms with E-state index in [-0.39, 0.29) is 29.1 Å². The highest BCUT2D eigenvalue weighted by atomic mass is 32.2. The molecule has 2 unspecified atom stereocenters. The number of nitrogens with one attached hydrogen (secondary N) is 1. The molecule has 0 bridgehead atoms. The molecule has 7 heteroatoms. The van der Waals surface area contributed by atoms with Crippen LogP contribution in [-0.4, -0.2) is 51.4 Å². The van der Waals surface area contributed by atoms with Crippen molar-refractivity contribution in [3.05, 3.63) is 0 Å². The highest BCUT2D eigenvalue weighted by Crippen LogP contribution is 2.23. The smallest absolute Gasteiger partial charge is 0.152 e. The summed E-state index contributed by atoms with van der Waals surface area (Å²) in [5.41, 5.74) is -0.485. The maximum Gasteiger partial charge on any atom is 0.152 e. The van der Waals surface area contributed by atoms with E-state index in [1.165, 1.54) is 0 Å². The van der Waals surface area contributed by atoms with E-state index in [1.807, 2.05) is 6.92 Å². The van der Waals surface area contributed by atoms with Gasteiger partial charge in [-0.05, 0) is 20.3 Å². The standard InChI is InChI=1S/C10H21NO4S2/c1-4-16(12,13)7-9(2)11-10(3)5-6-17(14,15)8-10/h9,11H,4-8H2,1-3H3. The predicted octanol–water partition coefficient (Wildman–Crippen LogP) is -0.0236. The monoisotopic (exact) mass is 283 g/mol. The minimum absolute atomic E-state index is 0.0547. The van der Waals surface area contributed by atoms with E-state index in [9.17, 15) is 16.8 Å². The van der Waals surface area contributed by atoms with Crippen molar-refractivity contribution in [2.24, 2.45) is 0 Å². The number of hydrogen-bond donors (Lipinski definition) is 1. The normalized spacial score (nSPS) is 30.3. The molecule has 0 radical (unpaired) electrons. The lowest BCUT2D eigenvalue weighted by Gasteiger charge is -2.28. The Morgan fingerprint density at radius 1 is 1.41 bits per heavy atom. The molecule has 5 nitrogen and oxygen atoms in total. The van der Waals surface area contributed by atoms with E-state index in [0.29, 0.717) is 6.42 Å². The molecule has 1 rings (SSSR count). The third kappa shape index (κ3) is 4.56. The van der Waals surface area contributed by atoms with Gasteiger partial charge in [0.05, 0.1) is 17.3 Å². The molecule has 0 saturated carbocycles. The summed E-state index contributed by atoms with van der Waals surface area (Å²) >= 11 is 0. The van der Waals surface area contributed by atoms with Crippen molar-refractivity contribution in [1.82, 2.24) is 5.32 Å². The Hall–Kier alpha value is -0.140. The molecule has 1 aliphatic rings. The van der Waals surface area contributed by atoms with Crippen molar-refractivity contribution >= 4 is 19.7 Å². The Balaban J connectivity index is 2.61. The fourth-order valence-electron chi connectivity index (χ4n) is 2.26. The summed E-state index contributed by atoms with van der Waals surface area (Å²) in [5, 5.41) is 3.14. The van der Waals surface area contributed by atoms with Crippen LogP contribution in [0, 0.1) is 0 Å². The van der Waals surface area contributed by atoms with Crippen molar-refractivity contribution in [2.45, 2.75) is 38.8 Å². The first-order valence-corrected chi connectivity index (χ1v) is 9.40. The van der Waals surface area contributed by atoms with Gasteiger partial charge in [0.15, 0.2) is 19.7 Å². The van der Waals surface area contributed by atoms with Gasteiger partial charge in [0.25, 0.3) is 0 Å². The van der Waals surface area contributed by atoms with Crippen LogP contribution in [0.2, 0.25) is 0 Å². The van der Waals surface area contributed by atoms with Crippen LogP contribution in [0.1, 0.15) is 27.2 Å².